The smallest absolute Gasteiger partial charge is 0.0417 e. The standard InChI is InChI=1S/C13H26/c1-4-7-8-9-10-12-13(6-3)11-5-2/h13H,1-2,4-12H2,3H3. The second kappa shape index (κ2) is 10.1. The van der Waals surface area contributed by atoms with E-state index in [1.165, 1.54) is 44.9 Å². The van der Waals surface area contributed by atoms with Gasteiger partial charge in [0.25, 0.3) is 0 Å². The predicted octanol–water partition coefficient (Wildman–Crippen LogP) is 4.80. The molecule has 0 aliphatic carbocycles. The van der Waals surface area contributed by atoms with Gasteiger partial charge in [0.05, 0.1) is 0 Å². The molecular formula is C13H26. The molecule has 0 bridgehead atoms. The summed E-state index contributed by atoms with van der Waals surface area (Å²) in [5.41, 5.74) is 0. The molecule has 0 fully saturated rings. The normalized spacial score (nSPS) is 13.2. The fraction of sp³-hybridized carbons (Fsp3) is 0.846. The minimum Gasteiger partial charge on any atom is -0.0651 e. The van der Waals surface area contributed by atoms with E-state index in [2.05, 4.69) is 20.8 Å². The van der Waals surface area contributed by atoms with Crippen molar-refractivity contribution >= 4 is 0 Å². The second-order valence-corrected chi connectivity index (χ2v) is 3.97. The summed E-state index contributed by atoms with van der Waals surface area (Å²) < 4.78 is 0. The van der Waals surface area contributed by atoms with Crippen LogP contribution in [0.3, 0.4) is 0 Å². The molecule has 0 amide bonds. The number of hydrogen-bond donors (Lipinski definition) is 0. The van der Waals surface area contributed by atoms with E-state index in [-0.39, 0.29) is 0 Å². The zero-order valence-corrected chi connectivity index (χ0v) is 9.36. The average Bonchev–Trinajstić information content (AvgIpc) is 2.16. The zero-order chi connectivity index (χ0) is 9.94. The van der Waals surface area contributed by atoms with Gasteiger partial charge in [-0.25, -0.2) is 0 Å². The van der Waals surface area contributed by atoms with Gasteiger partial charge in [-0.15, -0.1) is 0 Å². The van der Waals surface area contributed by atoms with E-state index in [1.807, 2.05) is 0 Å². The fourth-order valence-electron chi connectivity index (χ4n) is 1.80. The van der Waals surface area contributed by atoms with Crippen LogP contribution in [0.15, 0.2) is 0 Å². The van der Waals surface area contributed by atoms with Crippen LogP contribution in [0, 0.1) is 19.8 Å². The highest BCUT2D eigenvalue weighted by molar-refractivity contribution is 4.59. The molecule has 0 saturated carbocycles. The van der Waals surface area contributed by atoms with Crippen molar-refractivity contribution in [2.24, 2.45) is 5.92 Å². The van der Waals surface area contributed by atoms with E-state index in [0.29, 0.717) is 0 Å². The molecule has 0 heteroatoms. The predicted molar refractivity (Wildman–Crippen MR) is 61.4 cm³/mol. The molecular weight excluding hydrogens is 156 g/mol. The van der Waals surface area contributed by atoms with Crippen molar-refractivity contribution in [2.45, 2.75) is 64.7 Å². The van der Waals surface area contributed by atoms with Gasteiger partial charge >= 0.3 is 0 Å². The maximum atomic E-state index is 3.92. The highest BCUT2D eigenvalue weighted by Gasteiger charge is 2.03. The Bertz CT molecular complexity index is 86.0. The molecule has 0 nitrogen and oxygen atoms in total. The van der Waals surface area contributed by atoms with Crippen molar-refractivity contribution in [3.8, 4) is 0 Å². The molecule has 0 saturated heterocycles. The van der Waals surface area contributed by atoms with Gasteiger partial charge in [-0.1, -0.05) is 78.6 Å². The summed E-state index contributed by atoms with van der Waals surface area (Å²) >= 11 is 0. The van der Waals surface area contributed by atoms with E-state index >= 15 is 0 Å². The van der Waals surface area contributed by atoms with Gasteiger partial charge in [0.1, 0.15) is 0 Å². The summed E-state index contributed by atoms with van der Waals surface area (Å²) in [5, 5.41) is 0. The quantitative estimate of drug-likeness (QED) is 0.449. The largest absolute Gasteiger partial charge is 0.0651 e. The van der Waals surface area contributed by atoms with Crippen LogP contribution in [0.25, 0.3) is 0 Å². The third-order valence-corrected chi connectivity index (χ3v) is 2.80. The number of unbranched alkanes of at least 4 members (excludes halogenated alkanes) is 4. The van der Waals surface area contributed by atoms with Crippen molar-refractivity contribution in [2.75, 3.05) is 0 Å². The Morgan fingerprint density at radius 3 is 2.08 bits per heavy atom. The Kier molecular flexibility index (Phi) is 10.1. The van der Waals surface area contributed by atoms with E-state index < -0.39 is 0 Å². The van der Waals surface area contributed by atoms with Gasteiger partial charge in [-0.3, -0.25) is 0 Å². The third-order valence-electron chi connectivity index (χ3n) is 2.80. The summed E-state index contributed by atoms with van der Waals surface area (Å²) in [6.45, 7) is 10.1. The fourth-order valence-corrected chi connectivity index (χ4v) is 1.80. The molecule has 0 aromatic heterocycles. The lowest BCUT2D eigenvalue weighted by Crippen LogP contribution is -1.97. The SMILES string of the molecule is [CH2]CCCCCCC(CC)CC[CH2]. The molecule has 0 rings (SSSR count). The molecule has 0 aromatic rings. The molecule has 1 atom stereocenters. The van der Waals surface area contributed by atoms with E-state index in [4.69, 9.17) is 0 Å². The lowest BCUT2D eigenvalue weighted by atomic mass is 9.94. The second-order valence-electron chi connectivity index (χ2n) is 3.97. The van der Waals surface area contributed by atoms with Crippen molar-refractivity contribution in [3.05, 3.63) is 13.8 Å². The van der Waals surface area contributed by atoms with Crippen LogP contribution >= 0.6 is 0 Å². The first-order valence-electron chi connectivity index (χ1n) is 5.93. The van der Waals surface area contributed by atoms with Gasteiger partial charge in [0.2, 0.25) is 0 Å². The topological polar surface area (TPSA) is 0 Å². The minimum atomic E-state index is 0.942. The lowest BCUT2D eigenvalue weighted by Gasteiger charge is -2.12. The number of hydrogen-bond acceptors (Lipinski definition) is 0. The summed E-state index contributed by atoms with van der Waals surface area (Å²) in [6, 6.07) is 0. The summed E-state index contributed by atoms with van der Waals surface area (Å²) in [4.78, 5) is 0. The van der Waals surface area contributed by atoms with Crippen LogP contribution in [0.1, 0.15) is 64.7 Å². The first-order chi connectivity index (χ1) is 6.35. The van der Waals surface area contributed by atoms with Crippen molar-refractivity contribution in [1.29, 1.82) is 0 Å². The molecule has 78 valence electrons. The van der Waals surface area contributed by atoms with Gasteiger partial charge < -0.3 is 0 Å². The Labute approximate surface area is 85.1 Å². The van der Waals surface area contributed by atoms with Crippen LogP contribution in [0.4, 0.5) is 0 Å². The first-order valence-corrected chi connectivity index (χ1v) is 5.93. The maximum Gasteiger partial charge on any atom is -0.0417 e. The molecule has 0 N–H and O–H groups in total. The molecule has 0 spiro atoms. The minimum absolute atomic E-state index is 0.942. The van der Waals surface area contributed by atoms with Crippen LogP contribution in [0.2, 0.25) is 0 Å². The van der Waals surface area contributed by atoms with Crippen molar-refractivity contribution in [3.63, 3.8) is 0 Å². The van der Waals surface area contributed by atoms with Gasteiger partial charge in [0.15, 0.2) is 0 Å². The first kappa shape index (κ1) is 13.0. The molecule has 2 radical (unpaired) electrons. The van der Waals surface area contributed by atoms with Gasteiger partial charge in [-0.2, -0.15) is 0 Å². The Morgan fingerprint density at radius 1 is 0.846 bits per heavy atom. The van der Waals surface area contributed by atoms with Crippen LogP contribution in [0.5, 0.6) is 0 Å². The molecule has 13 heavy (non-hydrogen) atoms. The van der Waals surface area contributed by atoms with E-state index in [9.17, 15) is 0 Å². The Balaban J connectivity index is 3.17. The van der Waals surface area contributed by atoms with Crippen LogP contribution in [-0.2, 0) is 0 Å². The summed E-state index contributed by atoms with van der Waals surface area (Å²) in [5.74, 6) is 0.942. The Morgan fingerprint density at radius 2 is 1.54 bits per heavy atom. The lowest BCUT2D eigenvalue weighted by molar-refractivity contribution is 0.415. The molecule has 0 aliphatic heterocycles. The van der Waals surface area contributed by atoms with Gasteiger partial charge in [0, 0.05) is 0 Å². The summed E-state index contributed by atoms with van der Waals surface area (Å²) in [6.07, 6.45) is 11.8. The Hall–Kier alpha value is 0. The van der Waals surface area contributed by atoms with Crippen molar-refractivity contribution in [1.82, 2.24) is 0 Å². The highest BCUT2D eigenvalue weighted by Crippen LogP contribution is 2.19. The molecule has 0 aromatic carbocycles. The van der Waals surface area contributed by atoms with E-state index in [1.54, 1.807) is 0 Å². The van der Waals surface area contributed by atoms with Crippen LogP contribution < -0.4 is 0 Å². The highest BCUT2D eigenvalue weighted by atomic mass is 14.1. The van der Waals surface area contributed by atoms with E-state index in [0.717, 1.165) is 18.8 Å². The average molecular weight is 182 g/mol. The van der Waals surface area contributed by atoms with Gasteiger partial charge in [-0.05, 0) is 5.92 Å². The summed E-state index contributed by atoms with van der Waals surface area (Å²) in [7, 11) is 0. The van der Waals surface area contributed by atoms with Crippen LogP contribution in [-0.4, -0.2) is 0 Å². The molecule has 0 heterocycles. The zero-order valence-electron chi connectivity index (χ0n) is 9.36. The molecule has 0 aliphatic rings. The van der Waals surface area contributed by atoms with Crippen molar-refractivity contribution < 1.29 is 0 Å². The third kappa shape index (κ3) is 8.33. The monoisotopic (exact) mass is 182 g/mol. The maximum absolute atomic E-state index is 3.92. The number of rotatable bonds is 9. The molecule has 1 unspecified atom stereocenters.